The van der Waals surface area contributed by atoms with Gasteiger partial charge in [0.15, 0.2) is 15.9 Å². The second-order valence-corrected chi connectivity index (χ2v) is 8.84. The Morgan fingerprint density at radius 2 is 1.57 bits per heavy atom. The number of aryl methyl sites for hydroxylation is 1. The molecule has 0 heterocycles. The van der Waals surface area contributed by atoms with Crippen molar-refractivity contribution in [2.75, 3.05) is 6.26 Å². The summed E-state index contributed by atoms with van der Waals surface area (Å²) in [6.07, 6.45) is 2.78. The zero-order valence-corrected chi connectivity index (χ0v) is 17.8. The maximum absolute atomic E-state index is 12.7. The number of carbonyl (C=O) groups is 1. The molecule has 1 amide bonds. The molecule has 152 valence electrons. The predicted molar refractivity (Wildman–Crippen MR) is 111 cm³/mol. The summed E-state index contributed by atoms with van der Waals surface area (Å²) in [6.45, 7) is 5.97. The maximum Gasteiger partial charge on any atom is 0.261 e. The maximum atomic E-state index is 12.7. The number of carbonyl (C=O) groups excluding carboxylic acids is 1. The van der Waals surface area contributed by atoms with E-state index in [0.717, 1.165) is 12.0 Å². The van der Waals surface area contributed by atoms with Gasteiger partial charge < -0.3 is 10.1 Å². The van der Waals surface area contributed by atoms with E-state index < -0.39 is 15.9 Å². The van der Waals surface area contributed by atoms with Gasteiger partial charge in [0.05, 0.1) is 10.9 Å². The highest BCUT2D eigenvalue weighted by Crippen LogP contribution is 2.21. The van der Waals surface area contributed by atoms with Crippen LogP contribution in [0.2, 0.25) is 0 Å². The minimum absolute atomic E-state index is 0.180. The van der Waals surface area contributed by atoms with Gasteiger partial charge in [0.1, 0.15) is 5.75 Å². The second kappa shape index (κ2) is 9.73. The zero-order chi connectivity index (χ0) is 20.7. The number of hydrogen-bond donors (Lipinski definition) is 1. The molecular formula is C22H29NO4S. The Balaban J connectivity index is 2.07. The van der Waals surface area contributed by atoms with E-state index in [9.17, 15) is 13.2 Å². The molecule has 5 nitrogen and oxygen atoms in total. The van der Waals surface area contributed by atoms with Crippen LogP contribution >= 0.6 is 0 Å². The summed E-state index contributed by atoms with van der Waals surface area (Å²) in [4.78, 5) is 13.0. The molecule has 0 saturated carbocycles. The summed E-state index contributed by atoms with van der Waals surface area (Å²) in [6, 6.07) is 14.2. The van der Waals surface area contributed by atoms with Crippen molar-refractivity contribution in [1.82, 2.24) is 5.32 Å². The average Bonchev–Trinajstić information content (AvgIpc) is 2.70. The van der Waals surface area contributed by atoms with Crippen molar-refractivity contribution in [3.05, 3.63) is 59.7 Å². The van der Waals surface area contributed by atoms with E-state index in [1.165, 1.54) is 11.8 Å². The molecule has 2 rings (SSSR count). The molecule has 0 fully saturated rings. The van der Waals surface area contributed by atoms with Crippen LogP contribution in [0, 0.1) is 0 Å². The molecule has 0 bridgehead atoms. The Labute approximate surface area is 168 Å². The third-order valence-electron chi connectivity index (χ3n) is 4.71. The Morgan fingerprint density at radius 3 is 2.04 bits per heavy atom. The molecule has 0 aliphatic carbocycles. The fourth-order valence-corrected chi connectivity index (χ4v) is 3.55. The van der Waals surface area contributed by atoms with Crippen molar-refractivity contribution in [3.63, 3.8) is 0 Å². The third kappa shape index (κ3) is 5.83. The lowest BCUT2D eigenvalue weighted by atomic mass is 10.0. The van der Waals surface area contributed by atoms with E-state index in [-0.39, 0.29) is 16.8 Å². The normalized spacial score (nSPS) is 13.6. The van der Waals surface area contributed by atoms with Gasteiger partial charge >= 0.3 is 0 Å². The Hall–Kier alpha value is -2.34. The van der Waals surface area contributed by atoms with E-state index in [1.807, 2.05) is 38.1 Å². The zero-order valence-electron chi connectivity index (χ0n) is 16.9. The number of amides is 1. The minimum atomic E-state index is -3.24. The first-order chi connectivity index (χ1) is 13.3. The molecule has 2 atom stereocenters. The van der Waals surface area contributed by atoms with Gasteiger partial charge in [-0.15, -0.1) is 0 Å². The first kappa shape index (κ1) is 22.0. The topological polar surface area (TPSA) is 72.5 Å². The van der Waals surface area contributed by atoms with Crippen molar-refractivity contribution in [3.8, 4) is 5.75 Å². The summed E-state index contributed by atoms with van der Waals surface area (Å²) >= 11 is 0. The van der Waals surface area contributed by atoms with Crippen LogP contribution in [0.15, 0.2) is 53.4 Å². The van der Waals surface area contributed by atoms with Gasteiger partial charge in [-0.3, -0.25) is 4.79 Å². The van der Waals surface area contributed by atoms with E-state index in [4.69, 9.17) is 4.74 Å². The van der Waals surface area contributed by atoms with Crippen molar-refractivity contribution in [2.45, 2.75) is 57.1 Å². The highest BCUT2D eigenvalue weighted by Gasteiger charge is 2.22. The molecule has 0 unspecified atom stereocenters. The third-order valence-corrected chi connectivity index (χ3v) is 5.84. The summed E-state index contributed by atoms with van der Waals surface area (Å²) in [7, 11) is -3.24. The molecular weight excluding hydrogens is 374 g/mol. The number of rotatable bonds is 9. The molecule has 1 N–H and O–H groups in total. The monoisotopic (exact) mass is 403 g/mol. The van der Waals surface area contributed by atoms with Crippen molar-refractivity contribution in [2.24, 2.45) is 0 Å². The fourth-order valence-electron chi connectivity index (χ4n) is 2.92. The standard InChI is InChI=1S/C22H29NO4S/c1-5-16-8-12-18(13-9-16)27-21(7-3)22(24)23-20(6-2)17-10-14-19(15-11-17)28(4,25)26/h8-15,20-21H,5-7H2,1-4H3,(H,23,24)/t20-,21+/m1/s1. The van der Waals surface area contributed by atoms with Gasteiger partial charge in [-0.1, -0.05) is 45.0 Å². The van der Waals surface area contributed by atoms with Crippen molar-refractivity contribution < 1.29 is 17.9 Å². The van der Waals surface area contributed by atoms with Gasteiger partial charge in [-0.2, -0.15) is 0 Å². The van der Waals surface area contributed by atoms with E-state index in [0.29, 0.717) is 18.6 Å². The van der Waals surface area contributed by atoms with Crippen LogP contribution in [-0.2, 0) is 21.1 Å². The quantitative estimate of drug-likeness (QED) is 0.685. The van der Waals surface area contributed by atoms with E-state index >= 15 is 0 Å². The molecule has 0 aliphatic rings. The van der Waals surface area contributed by atoms with Crippen LogP contribution in [0.25, 0.3) is 0 Å². The second-order valence-electron chi connectivity index (χ2n) is 6.82. The van der Waals surface area contributed by atoms with Crippen molar-refractivity contribution in [1.29, 1.82) is 0 Å². The summed E-state index contributed by atoms with van der Waals surface area (Å²) < 4.78 is 29.1. The smallest absolute Gasteiger partial charge is 0.261 e. The first-order valence-corrected chi connectivity index (χ1v) is 11.5. The molecule has 28 heavy (non-hydrogen) atoms. The lowest BCUT2D eigenvalue weighted by Crippen LogP contribution is -2.39. The van der Waals surface area contributed by atoms with Crippen LogP contribution in [0.1, 0.15) is 50.8 Å². The Bertz CT molecular complexity index is 874. The SMILES string of the molecule is CCc1ccc(O[C@@H](CC)C(=O)N[C@H](CC)c2ccc(S(C)(=O)=O)cc2)cc1. The minimum Gasteiger partial charge on any atom is -0.481 e. The number of benzene rings is 2. The van der Waals surface area contributed by atoms with Gasteiger partial charge in [0.25, 0.3) is 5.91 Å². The highest BCUT2D eigenvalue weighted by atomic mass is 32.2. The van der Waals surface area contributed by atoms with Crippen LogP contribution in [0.3, 0.4) is 0 Å². The van der Waals surface area contributed by atoms with E-state index in [2.05, 4.69) is 12.2 Å². The van der Waals surface area contributed by atoms with Crippen LogP contribution < -0.4 is 10.1 Å². The van der Waals surface area contributed by atoms with Gasteiger partial charge in [-0.05, 0) is 54.7 Å². The molecule has 0 aliphatic heterocycles. The number of ether oxygens (including phenoxy) is 1. The first-order valence-electron chi connectivity index (χ1n) is 9.64. The number of nitrogens with one attached hydrogen (secondary N) is 1. The molecule has 6 heteroatoms. The van der Waals surface area contributed by atoms with Gasteiger partial charge in [0.2, 0.25) is 0 Å². The largest absolute Gasteiger partial charge is 0.481 e. The number of hydrogen-bond acceptors (Lipinski definition) is 4. The molecule has 0 aromatic heterocycles. The summed E-state index contributed by atoms with van der Waals surface area (Å²) in [5.41, 5.74) is 2.08. The number of sulfone groups is 1. The molecule has 0 spiro atoms. The van der Waals surface area contributed by atoms with E-state index in [1.54, 1.807) is 24.3 Å². The fraction of sp³-hybridized carbons (Fsp3) is 0.409. The van der Waals surface area contributed by atoms with Crippen LogP contribution in [0.5, 0.6) is 5.75 Å². The Morgan fingerprint density at radius 1 is 0.964 bits per heavy atom. The van der Waals surface area contributed by atoms with Gasteiger partial charge in [-0.25, -0.2) is 8.42 Å². The van der Waals surface area contributed by atoms with Crippen LogP contribution in [0.4, 0.5) is 0 Å². The van der Waals surface area contributed by atoms with Crippen molar-refractivity contribution >= 4 is 15.7 Å². The molecule has 0 saturated heterocycles. The lowest BCUT2D eigenvalue weighted by molar-refractivity contribution is -0.128. The van der Waals surface area contributed by atoms with Crippen LogP contribution in [-0.4, -0.2) is 26.7 Å². The Kier molecular flexibility index (Phi) is 7.63. The van der Waals surface area contributed by atoms with Gasteiger partial charge in [0, 0.05) is 6.26 Å². The summed E-state index contributed by atoms with van der Waals surface area (Å²) in [5.74, 6) is 0.492. The lowest BCUT2D eigenvalue weighted by Gasteiger charge is -2.22. The average molecular weight is 404 g/mol. The highest BCUT2D eigenvalue weighted by molar-refractivity contribution is 7.90. The molecule has 2 aromatic carbocycles. The molecule has 0 radical (unpaired) electrons. The predicted octanol–water partition coefficient (Wildman–Crippen LogP) is 4.08. The summed E-state index contributed by atoms with van der Waals surface area (Å²) in [5, 5.41) is 3.02. The molecule has 2 aromatic rings.